The standard InChI is InChI=1S/C6H12.C6H10.2C6H8.C6H6/c5*1-2-4-6-5-3-1/h1-6H2;1-2H,3-6H2;1-2,5-6H,3-4H2;1-4H,5-6H2;1-6H. The first-order chi connectivity index (χ1) is 15.0. The molecular weight excluding hydrogens is 360 g/mol. The van der Waals surface area contributed by atoms with Gasteiger partial charge in [-0.25, -0.2) is 0 Å². The highest BCUT2D eigenvalue weighted by atomic mass is 14.0. The lowest BCUT2D eigenvalue weighted by molar-refractivity contribution is 0.504. The Morgan fingerprint density at radius 3 is 0.767 bits per heavy atom. The molecule has 4 aliphatic rings. The van der Waals surface area contributed by atoms with Crippen LogP contribution in [0.15, 0.2) is 97.2 Å². The van der Waals surface area contributed by atoms with Gasteiger partial charge in [-0.15, -0.1) is 0 Å². The van der Waals surface area contributed by atoms with Crippen molar-refractivity contribution in [2.45, 2.75) is 89.9 Å². The van der Waals surface area contributed by atoms with Crippen molar-refractivity contribution in [2.24, 2.45) is 0 Å². The molecule has 0 aliphatic heterocycles. The molecule has 0 spiro atoms. The third-order valence-electron chi connectivity index (χ3n) is 5.09. The van der Waals surface area contributed by atoms with Gasteiger partial charge in [0, 0.05) is 0 Å². The van der Waals surface area contributed by atoms with E-state index in [4.69, 9.17) is 0 Å². The number of rotatable bonds is 0. The summed E-state index contributed by atoms with van der Waals surface area (Å²) in [6.07, 6.45) is 41.0. The minimum Gasteiger partial charge on any atom is -0.0885 e. The van der Waals surface area contributed by atoms with Crippen LogP contribution in [-0.4, -0.2) is 0 Å². The van der Waals surface area contributed by atoms with Gasteiger partial charge in [0.15, 0.2) is 0 Å². The maximum Gasteiger partial charge on any atom is -0.0169 e. The first-order valence-electron chi connectivity index (χ1n) is 12.3. The van der Waals surface area contributed by atoms with Gasteiger partial charge in [-0.3, -0.25) is 0 Å². The first-order valence-corrected chi connectivity index (χ1v) is 12.3. The molecule has 0 heteroatoms. The van der Waals surface area contributed by atoms with Crippen LogP contribution in [0.5, 0.6) is 0 Å². The van der Waals surface area contributed by atoms with E-state index in [1.807, 2.05) is 36.4 Å². The molecule has 164 valence electrons. The first kappa shape index (κ1) is 26.0. The molecule has 30 heavy (non-hydrogen) atoms. The Morgan fingerprint density at radius 1 is 0.267 bits per heavy atom. The topological polar surface area (TPSA) is 0 Å². The molecule has 0 N–H and O–H groups in total. The monoisotopic (exact) mass is 404 g/mol. The molecule has 0 amide bonds. The summed E-state index contributed by atoms with van der Waals surface area (Å²) in [7, 11) is 0. The third kappa shape index (κ3) is 20.6. The summed E-state index contributed by atoms with van der Waals surface area (Å²) in [5.41, 5.74) is 0. The second-order valence-corrected chi connectivity index (χ2v) is 7.88. The molecular formula is C30H44. The molecule has 0 saturated heterocycles. The summed E-state index contributed by atoms with van der Waals surface area (Å²) in [6, 6.07) is 12.0. The van der Waals surface area contributed by atoms with Gasteiger partial charge in [-0.1, -0.05) is 136 Å². The predicted molar refractivity (Wildman–Crippen MR) is 137 cm³/mol. The van der Waals surface area contributed by atoms with Gasteiger partial charge in [0.2, 0.25) is 0 Å². The molecule has 1 aromatic rings. The largest absolute Gasteiger partial charge is 0.0885 e. The summed E-state index contributed by atoms with van der Waals surface area (Å²) in [5.74, 6) is 0. The Bertz CT molecular complexity index is 501. The zero-order chi connectivity index (χ0) is 21.2. The highest BCUT2D eigenvalue weighted by molar-refractivity contribution is 5.07. The molecule has 0 atom stereocenters. The third-order valence-corrected chi connectivity index (χ3v) is 5.09. The molecule has 0 heterocycles. The van der Waals surface area contributed by atoms with Crippen LogP contribution in [0.1, 0.15) is 89.9 Å². The van der Waals surface area contributed by atoms with Crippen LogP contribution in [0.25, 0.3) is 0 Å². The fraction of sp³-hybridized carbons (Fsp3) is 0.467. The van der Waals surface area contributed by atoms with Gasteiger partial charge in [0.25, 0.3) is 0 Å². The number of hydrogen-bond donors (Lipinski definition) is 0. The smallest absolute Gasteiger partial charge is 0.0169 e. The van der Waals surface area contributed by atoms with Crippen LogP contribution < -0.4 is 0 Å². The summed E-state index contributed by atoms with van der Waals surface area (Å²) >= 11 is 0. The molecule has 5 rings (SSSR count). The van der Waals surface area contributed by atoms with Crippen LogP contribution in [0.3, 0.4) is 0 Å². The minimum atomic E-state index is 1.14. The fourth-order valence-corrected chi connectivity index (χ4v) is 3.29. The molecule has 4 aliphatic carbocycles. The lowest BCUT2D eigenvalue weighted by Gasteiger charge is -2.05. The van der Waals surface area contributed by atoms with E-state index in [9.17, 15) is 0 Å². The molecule has 1 aromatic carbocycles. The van der Waals surface area contributed by atoms with Crippen molar-refractivity contribution in [3.8, 4) is 0 Å². The fourth-order valence-electron chi connectivity index (χ4n) is 3.29. The Morgan fingerprint density at radius 2 is 0.600 bits per heavy atom. The Balaban J connectivity index is 0.000000187. The van der Waals surface area contributed by atoms with Crippen molar-refractivity contribution in [1.29, 1.82) is 0 Å². The van der Waals surface area contributed by atoms with E-state index >= 15 is 0 Å². The van der Waals surface area contributed by atoms with Crippen molar-refractivity contribution in [2.75, 3.05) is 0 Å². The van der Waals surface area contributed by atoms with Crippen LogP contribution in [0.4, 0.5) is 0 Å². The van der Waals surface area contributed by atoms with Gasteiger partial charge in [-0.05, 0) is 51.4 Å². The molecule has 0 radical (unpaired) electrons. The van der Waals surface area contributed by atoms with Crippen molar-refractivity contribution >= 4 is 0 Å². The Hall–Kier alpha value is -2.08. The average molecular weight is 405 g/mol. The van der Waals surface area contributed by atoms with Gasteiger partial charge >= 0.3 is 0 Å². The van der Waals surface area contributed by atoms with E-state index in [1.165, 1.54) is 77.0 Å². The second-order valence-electron chi connectivity index (χ2n) is 7.88. The van der Waals surface area contributed by atoms with Gasteiger partial charge in [0.1, 0.15) is 0 Å². The average Bonchev–Trinajstić information content (AvgIpc) is 2.91. The van der Waals surface area contributed by atoms with Crippen molar-refractivity contribution in [3.63, 3.8) is 0 Å². The van der Waals surface area contributed by atoms with Crippen LogP contribution in [-0.2, 0) is 0 Å². The van der Waals surface area contributed by atoms with E-state index in [1.54, 1.807) is 0 Å². The zero-order valence-corrected chi connectivity index (χ0v) is 19.1. The van der Waals surface area contributed by atoms with E-state index < -0.39 is 0 Å². The van der Waals surface area contributed by atoms with Gasteiger partial charge in [0.05, 0.1) is 0 Å². The molecule has 0 unspecified atom stereocenters. The lowest BCUT2D eigenvalue weighted by atomic mass is 10.0. The van der Waals surface area contributed by atoms with Crippen molar-refractivity contribution in [1.82, 2.24) is 0 Å². The second kappa shape index (κ2) is 23.2. The van der Waals surface area contributed by atoms with E-state index in [0.717, 1.165) is 12.8 Å². The molecule has 1 fully saturated rings. The van der Waals surface area contributed by atoms with Gasteiger partial charge in [-0.2, -0.15) is 0 Å². The number of hydrogen-bond acceptors (Lipinski definition) is 0. The van der Waals surface area contributed by atoms with E-state index in [0.29, 0.717) is 0 Å². The maximum absolute atomic E-state index is 2.27. The summed E-state index contributed by atoms with van der Waals surface area (Å²) in [4.78, 5) is 0. The predicted octanol–water partition coefficient (Wildman–Crippen LogP) is 9.93. The van der Waals surface area contributed by atoms with Crippen LogP contribution in [0, 0.1) is 0 Å². The molecule has 0 nitrogen and oxygen atoms in total. The zero-order valence-electron chi connectivity index (χ0n) is 19.1. The van der Waals surface area contributed by atoms with E-state index in [-0.39, 0.29) is 0 Å². The minimum absolute atomic E-state index is 1.14. The highest BCUT2D eigenvalue weighted by Gasteiger charge is 1.95. The molecule has 0 aromatic heterocycles. The summed E-state index contributed by atoms with van der Waals surface area (Å²) in [5, 5.41) is 0. The van der Waals surface area contributed by atoms with Crippen LogP contribution in [0.2, 0.25) is 0 Å². The SMILES string of the molecule is C1=CCC=CC1.C1=CCCC=C1.C1=CCCCC1.C1CCCCC1.c1ccccc1. The number of allylic oxidation sites excluding steroid dienone is 10. The quantitative estimate of drug-likeness (QED) is 0.377. The summed E-state index contributed by atoms with van der Waals surface area (Å²) < 4.78 is 0. The Labute approximate surface area is 187 Å². The Kier molecular flexibility index (Phi) is 20.1. The number of benzene rings is 1. The van der Waals surface area contributed by atoms with E-state index in [2.05, 4.69) is 60.8 Å². The normalized spacial score (nSPS) is 18.1. The highest BCUT2D eigenvalue weighted by Crippen LogP contribution is 2.15. The maximum atomic E-state index is 2.27. The van der Waals surface area contributed by atoms with Crippen molar-refractivity contribution < 1.29 is 0 Å². The van der Waals surface area contributed by atoms with Gasteiger partial charge < -0.3 is 0 Å². The summed E-state index contributed by atoms with van der Waals surface area (Å²) in [6.45, 7) is 0. The van der Waals surface area contributed by atoms with Crippen molar-refractivity contribution in [3.05, 3.63) is 97.2 Å². The molecule has 1 saturated carbocycles. The van der Waals surface area contributed by atoms with Crippen LogP contribution >= 0.6 is 0 Å². The molecule has 0 bridgehead atoms. The lowest BCUT2D eigenvalue weighted by Crippen LogP contribution is -1.85.